The fourth-order valence-corrected chi connectivity index (χ4v) is 1.75. The lowest BCUT2D eigenvalue weighted by Crippen LogP contribution is -2.26. The van der Waals surface area contributed by atoms with E-state index >= 15 is 0 Å². The number of hydrogen-bond acceptors (Lipinski definition) is 5. The summed E-state index contributed by atoms with van der Waals surface area (Å²) in [5, 5.41) is 15.1. The number of carbonyl (C=O) groups excluding carboxylic acids is 1. The van der Waals surface area contributed by atoms with Crippen LogP contribution in [0.3, 0.4) is 0 Å². The molecule has 0 bridgehead atoms. The first-order chi connectivity index (χ1) is 10.1. The lowest BCUT2D eigenvalue weighted by molar-refractivity contribution is 0.0949. The summed E-state index contributed by atoms with van der Waals surface area (Å²) in [5.41, 5.74) is 2.07. The number of nitrogens with one attached hydrogen (secondary N) is 3. The number of nitrogens with zero attached hydrogens (tertiary/aromatic N) is 2. The molecular weight excluding hydrogens is 270 g/mol. The second-order valence-corrected chi connectivity index (χ2v) is 4.74. The quantitative estimate of drug-likeness (QED) is 0.597. The van der Waals surface area contributed by atoms with E-state index in [2.05, 4.69) is 25.6 Å². The van der Waals surface area contributed by atoms with Crippen molar-refractivity contribution in [3.05, 3.63) is 42.2 Å². The summed E-state index contributed by atoms with van der Waals surface area (Å²) >= 11 is 0. The number of H-pyrrole nitrogens is 1. The summed E-state index contributed by atoms with van der Waals surface area (Å²) in [5.74, 6) is -0.227. The van der Waals surface area contributed by atoms with Gasteiger partial charge in [0.1, 0.15) is 5.69 Å². The molecule has 2 rings (SSSR count). The Bertz CT molecular complexity index is 569. The zero-order chi connectivity index (χ0) is 15.1. The zero-order valence-electron chi connectivity index (χ0n) is 11.8. The van der Waals surface area contributed by atoms with Gasteiger partial charge in [-0.25, -0.2) is 4.98 Å². The molecule has 7 heteroatoms. The van der Waals surface area contributed by atoms with Gasteiger partial charge in [-0.1, -0.05) is 0 Å². The van der Waals surface area contributed by atoms with Crippen molar-refractivity contribution in [1.29, 1.82) is 0 Å². The highest BCUT2D eigenvalue weighted by Gasteiger charge is 2.08. The lowest BCUT2D eigenvalue weighted by atomic mass is 10.2. The summed E-state index contributed by atoms with van der Waals surface area (Å²) < 4.78 is 0. The van der Waals surface area contributed by atoms with Crippen molar-refractivity contribution in [3.63, 3.8) is 0 Å². The molecule has 21 heavy (non-hydrogen) atoms. The van der Waals surface area contributed by atoms with E-state index in [1.54, 1.807) is 37.8 Å². The minimum absolute atomic E-state index is 0.227. The first kappa shape index (κ1) is 15.0. The zero-order valence-corrected chi connectivity index (χ0v) is 11.8. The average Bonchev–Trinajstić information content (AvgIpc) is 2.98. The molecule has 4 N–H and O–H groups in total. The van der Waals surface area contributed by atoms with Crippen molar-refractivity contribution in [2.45, 2.75) is 19.4 Å². The van der Waals surface area contributed by atoms with Crippen molar-refractivity contribution < 1.29 is 9.90 Å². The number of carbonyl (C=O) groups is 1. The van der Waals surface area contributed by atoms with Gasteiger partial charge in [0.2, 0.25) is 0 Å². The molecule has 112 valence electrons. The molecule has 1 amide bonds. The normalized spacial score (nSPS) is 11.9. The number of aromatic nitrogens is 3. The van der Waals surface area contributed by atoms with Crippen LogP contribution < -0.4 is 10.6 Å². The van der Waals surface area contributed by atoms with Crippen molar-refractivity contribution in [3.8, 4) is 0 Å². The first-order valence-corrected chi connectivity index (χ1v) is 6.78. The maximum absolute atomic E-state index is 12.0. The molecule has 0 aliphatic heterocycles. The van der Waals surface area contributed by atoms with Crippen molar-refractivity contribution in [2.75, 3.05) is 18.4 Å². The predicted octanol–water partition coefficient (Wildman–Crippen LogP) is 0.570. The highest BCUT2D eigenvalue weighted by molar-refractivity contribution is 5.93. The fraction of sp³-hybridized carbons (Fsp3) is 0.357. The third kappa shape index (κ3) is 4.88. The van der Waals surface area contributed by atoms with Gasteiger partial charge in [-0.3, -0.25) is 9.78 Å². The average molecular weight is 289 g/mol. The van der Waals surface area contributed by atoms with Gasteiger partial charge in [0.05, 0.1) is 12.4 Å². The molecule has 0 fully saturated rings. The number of imidazole rings is 1. The molecule has 0 saturated carbocycles. The Balaban J connectivity index is 1.85. The van der Waals surface area contributed by atoms with E-state index in [9.17, 15) is 9.90 Å². The third-order valence-electron chi connectivity index (χ3n) is 2.83. The van der Waals surface area contributed by atoms with Crippen molar-refractivity contribution in [1.82, 2.24) is 20.3 Å². The molecule has 0 spiro atoms. The Morgan fingerprint density at radius 1 is 1.52 bits per heavy atom. The van der Waals surface area contributed by atoms with Gasteiger partial charge in [0.15, 0.2) is 0 Å². The summed E-state index contributed by atoms with van der Waals surface area (Å²) in [6.07, 6.45) is 5.13. The van der Waals surface area contributed by atoms with Crippen LogP contribution in [0.2, 0.25) is 0 Å². The SMILES string of the molecule is C[C@H](O)CNc1ccnc(C(=O)NCCc2cnc[nH]2)c1. The molecule has 2 aromatic heterocycles. The standard InChI is InChI=1S/C14H19N5O2/c1-10(20)7-18-11-2-4-16-13(6-11)14(21)17-5-3-12-8-15-9-19-12/h2,4,6,8-10,20H,3,5,7H2,1H3,(H,15,19)(H,16,18)(H,17,21)/t10-/m0/s1. The molecule has 0 aliphatic carbocycles. The van der Waals surface area contributed by atoms with E-state index in [-0.39, 0.29) is 5.91 Å². The Labute approximate surface area is 122 Å². The maximum Gasteiger partial charge on any atom is 0.269 e. The molecule has 0 aromatic carbocycles. The Kier molecular flexibility index (Phi) is 5.28. The fourth-order valence-electron chi connectivity index (χ4n) is 1.75. The predicted molar refractivity (Wildman–Crippen MR) is 79.0 cm³/mol. The van der Waals surface area contributed by atoms with Crippen LogP contribution in [0.1, 0.15) is 23.1 Å². The number of pyridine rings is 1. The number of hydrogen-bond donors (Lipinski definition) is 4. The van der Waals surface area contributed by atoms with Crippen LogP contribution in [0.25, 0.3) is 0 Å². The molecular formula is C14H19N5O2. The first-order valence-electron chi connectivity index (χ1n) is 6.78. The van der Waals surface area contributed by atoms with E-state index in [4.69, 9.17) is 0 Å². The number of rotatable bonds is 7. The summed E-state index contributed by atoms with van der Waals surface area (Å²) in [7, 11) is 0. The van der Waals surface area contributed by atoms with E-state index < -0.39 is 6.10 Å². The second-order valence-electron chi connectivity index (χ2n) is 4.74. The third-order valence-corrected chi connectivity index (χ3v) is 2.83. The van der Waals surface area contributed by atoms with Crippen LogP contribution in [0.15, 0.2) is 30.9 Å². The number of aliphatic hydroxyl groups excluding tert-OH is 1. The highest BCUT2D eigenvalue weighted by atomic mass is 16.3. The molecule has 1 atom stereocenters. The van der Waals surface area contributed by atoms with Crippen LogP contribution in [-0.4, -0.2) is 45.2 Å². The van der Waals surface area contributed by atoms with Gasteiger partial charge < -0.3 is 20.7 Å². The maximum atomic E-state index is 12.0. The number of aromatic amines is 1. The minimum atomic E-state index is -0.454. The van der Waals surface area contributed by atoms with Crippen LogP contribution in [0.5, 0.6) is 0 Å². The Hall–Kier alpha value is -2.41. The summed E-state index contributed by atoms with van der Waals surface area (Å²) in [6, 6.07) is 3.41. The van der Waals surface area contributed by atoms with Crippen LogP contribution >= 0.6 is 0 Å². The van der Waals surface area contributed by atoms with Gasteiger partial charge in [-0.05, 0) is 19.1 Å². The Morgan fingerprint density at radius 3 is 3.10 bits per heavy atom. The topological polar surface area (TPSA) is 103 Å². The van der Waals surface area contributed by atoms with Crippen LogP contribution in [0.4, 0.5) is 5.69 Å². The monoisotopic (exact) mass is 289 g/mol. The molecule has 2 aromatic rings. The van der Waals surface area contributed by atoms with Gasteiger partial charge in [0, 0.05) is 43.3 Å². The van der Waals surface area contributed by atoms with Crippen LogP contribution in [0, 0.1) is 0 Å². The Morgan fingerprint density at radius 2 is 2.38 bits per heavy atom. The van der Waals surface area contributed by atoms with Gasteiger partial charge >= 0.3 is 0 Å². The van der Waals surface area contributed by atoms with Gasteiger partial charge in [0.25, 0.3) is 5.91 Å². The highest BCUT2D eigenvalue weighted by Crippen LogP contribution is 2.08. The molecule has 0 unspecified atom stereocenters. The largest absolute Gasteiger partial charge is 0.392 e. The van der Waals surface area contributed by atoms with E-state index in [1.807, 2.05) is 0 Å². The molecule has 2 heterocycles. The molecule has 0 saturated heterocycles. The molecule has 0 radical (unpaired) electrons. The van der Waals surface area contributed by atoms with Gasteiger partial charge in [-0.2, -0.15) is 0 Å². The van der Waals surface area contributed by atoms with Gasteiger partial charge in [-0.15, -0.1) is 0 Å². The second kappa shape index (κ2) is 7.39. The van der Waals surface area contributed by atoms with E-state index in [0.717, 1.165) is 11.4 Å². The van der Waals surface area contributed by atoms with E-state index in [1.165, 1.54) is 0 Å². The van der Waals surface area contributed by atoms with Crippen molar-refractivity contribution >= 4 is 11.6 Å². The minimum Gasteiger partial charge on any atom is -0.392 e. The molecule has 0 aliphatic rings. The number of amides is 1. The smallest absolute Gasteiger partial charge is 0.269 e. The van der Waals surface area contributed by atoms with E-state index in [0.29, 0.717) is 25.2 Å². The summed E-state index contributed by atoms with van der Waals surface area (Å²) in [6.45, 7) is 2.62. The lowest BCUT2D eigenvalue weighted by Gasteiger charge is -2.09. The summed E-state index contributed by atoms with van der Waals surface area (Å²) in [4.78, 5) is 22.9. The van der Waals surface area contributed by atoms with Crippen LogP contribution in [-0.2, 0) is 6.42 Å². The van der Waals surface area contributed by atoms with Crippen molar-refractivity contribution in [2.24, 2.45) is 0 Å². The molecule has 7 nitrogen and oxygen atoms in total. The number of aliphatic hydroxyl groups is 1. The number of anilines is 1.